The van der Waals surface area contributed by atoms with Gasteiger partial charge in [0.15, 0.2) is 0 Å². The summed E-state index contributed by atoms with van der Waals surface area (Å²) < 4.78 is 0. The normalized spacial score (nSPS) is 10.7. The molecule has 0 aliphatic heterocycles. The smallest absolute Gasteiger partial charge is 0.240 e. The van der Waals surface area contributed by atoms with Crippen molar-refractivity contribution in [2.75, 3.05) is 0 Å². The van der Waals surface area contributed by atoms with Gasteiger partial charge in [-0.05, 0) is 12.1 Å². The number of carbonyl (C=O) groups excluding carboxylic acids is 1. The Morgan fingerprint density at radius 1 is 1.46 bits per heavy atom. The van der Waals surface area contributed by atoms with Gasteiger partial charge in [0, 0.05) is 11.6 Å². The van der Waals surface area contributed by atoms with Crippen molar-refractivity contribution < 1.29 is 4.79 Å². The number of aliphatic imine (C=N–C) groups is 1. The molecule has 0 aliphatic carbocycles. The third-order valence-corrected chi connectivity index (χ3v) is 1.66. The topological polar surface area (TPSA) is 42.3 Å². The predicted octanol–water partition coefficient (Wildman–Crippen LogP) is 2.35. The minimum atomic E-state index is -0.100. The van der Waals surface area contributed by atoms with Crippen molar-refractivity contribution in [3.63, 3.8) is 0 Å². The molecule has 1 rings (SSSR count). The van der Waals surface area contributed by atoms with Crippen LogP contribution in [0, 0.1) is 0 Å². The van der Waals surface area contributed by atoms with Crippen molar-refractivity contribution in [3.8, 4) is 0 Å². The van der Waals surface area contributed by atoms with E-state index in [1.54, 1.807) is 18.3 Å². The molecule has 1 aromatic heterocycles. The first kappa shape index (κ1) is 9.62. The molecule has 1 aromatic rings. The molecule has 0 saturated heterocycles. The highest BCUT2D eigenvalue weighted by molar-refractivity contribution is 5.52. The van der Waals surface area contributed by atoms with E-state index in [-0.39, 0.29) is 5.41 Å². The summed E-state index contributed by atoms with van der Waals surface area (Å²) in [6.07, 6.45) is 3.23. The fourth-order valence-corrected chi connectivity index (χ4v) is 1.11. The molecule has 0 saturated carbocycles. The van der Waals surface area contributed by atoms with Gasteiger partial charge in [0.25, 0.3) is 0 Å². The van der Waals surface area contributed by atoms with Crippen molar-refractivity contribution in [2.45, 2.75) is 26.2 Å². The van der Waals surface area contributed by atoms with E-state index in [0.29, 0.717) is 5.69 Å². The van der Waals surface area contributed by atoms with Gasteiger partial charge in [0.2, 0.25) is 6.08 Å². The van der Waals surface area contributed by atoms with Crippen LogP contribution in [0.5, 0.6) is 0 Å². The second-order valence-electron chi connectivity index (χ2n) is 3.82. The van der Waals surface area contributed by atoms with Crippen LogP contribution in [-0.2, 0) is 10.2 Å². The zero-order valence-electron chi connectivity index (χ0n) is 8.03. The molecule has 0 unspecified atom stereocenters. The molecule has 0 aliphatic rings. The highest BCUT2D eigenvalue weighted by Crippen LogP contribution is 2.28. The zero-order valence-corrected chi connectivity index (χ0v) is 8.03. The second-order valence-corrected chi connectivity index (χ2v) is 3.82. The van der Waals surface area contributed by atoms with Gasteiger partial charge in [-0.3, -0.25) is 4.98 Å². The van der Waals surface area contributed by atoms with E-state index in [1.165, 1.54) is 6.08 Å². The maximum absolute atomic E-state index is 10.1. The van der Waals surface area contributed by atoms with Crippen LogP contribution in [0.15, 0.2) is 23.3 Å². The van der Waals surface area contributed by atoms with Crippen LogP contribution in [0.4, 0.5) is 5.69 Å². The molecule has 0 aromatic carbocycles. The Balaban J connectivity index is 3.27. The summed E-state index contributed by atoms with van der Waals surface area (Å²) >= 11 is 0. The summed E-state index contributed by atoms with van der Waals surface area (Å²) in [7, 11) is 0. The summed E-state index contributed by atoms with van der Waals surface area (Å²) in [5, 5.41) is 0. The molecule has 3 heteroatoms. The number of aromatic nitrogens is 1. The summed E-state index contributed by atoms with van der Waals surface area (Å²) in [5.74, 6) is 0. The van der Waals surface area contributed by atoms with Crippen molar-refractivity contribution in [1.29, 1.82) is 0 Å². The Bertz CT molecular complexity index is 346. The third kappa shape index (κ3) is 2.23. The lowest BCUT2D eigenvalue weighted by Gasteiger charge is -2.18. The van der Waals surface area contributed by atoms with Gasteiger partial charge in [0.1, 0.15) is 0 Å². The number of rotatable bonds is 1. The maximum atomic E-state index is 10.1. The average molecular weight is 176 g/mol. The lowest BCUT2D eigenvalue weighted by molar-refractivity contribution is 0.562. The quantitative estimate of drug-likeness (QED) is 0.487. The van der Waals surface area contributed by atoms with Gasteiger partial charge in [-0.15, -0.1) is 0 Å². The van der Waals surface area contributed by atoms with E-state index in [4.69, 9.17) is 0 Å². The van der Waals surface area contributed by atoms with Crippen molar-refractivity contribution >= 4 is 11.8 Å². The van der Waals surface area contributed by atoms with Gasteiger partial charge < -0.3 is 0 Å². The van der Waals surface area contributed by atoms with Crippen molar-refractivity contribution in [3.05, 3.63) is 24.0 Å². The van der Waals surface area contributed by atoms with Gasteiger partial charge in [0.05, 0.1) is 11.4 Å². The fraction of sp³-hybridized carbons (Fsp3) is 0.400. The molecule has 13 heavy (non-hydrogen) atoms. The first-order valence-corrected chi connectivity index (χ1v) is 4.09. The summed E-state index contributed by atoms with van der Waals surface area (Å²) in [4.78, 5) is 17.9. The molecule has 0 radical (unpaired) electrons. The largest absolute Gasteiger partial charge is 0.258 e. The van der Waals surface area contributed by atoms with Crippen LogP contribution in [0.1, 0.15) is 26.5 Å². The summed E-state index contributed by atoms with van der Waals surface area (Å²) in [6, 6.07) is 3.52. The zero-order chi connectivity index (χ0) is 9.90. The Morgan fingerprint density at radius 3 is 2.69 bits per heavy atom. The van der Waals surface area contributed by atoms with Gasteiger partial charge in [-0.2, -0.15) is 4.99 Å². The fourth-order valence-electron chi connectivity index (χ4n) is 1.11. The molecule has 0 atom stereocenters. The van der Waals surface area contributed by atoms with Gasteiger partial charge in [-0.1, -0.05) is 20.8 Å². The van der Waals surface area contributed by atoms with Gasteiger partial charge in [-0.25, -0.2) is 4.79 Å². The highest BCUT2D eigenvalue weighted by atomic mass is 16.1. The molecule has 0 spiro atoms. The first-order chi connectivity index (χ1) is 6.05. The number of pyridine rings is 1. The van der Waals surface area contributed by atoms with E-state index in [1.807, 2.05) is 20.8 Å². The molecule has 0 N–H and O–H groups in total. The van der Waals surface area contributed by atoms with Crippen LogP contribution in [-0.4, -0.2) is 11.1 Å². The monoisotopic (exact) mass is 176 g/mol. The predicted molar refractivity (Wildman–Crippen MR) is 50.7 cm³/mol. The Labute approximate surface area is 77.5 Å². The molecular formula is C10H12N2O. The van der Waals surface area contributed by atoms with Crippen LogP contribution < -0.4 is 0 Å². The van der Waals surface area contributed by atoms with E-state index >= 15 is 0 Å². The minimum Gasteiger partial charge on any atom is -0.258 e. The summed E-state index contributed by atoms with van der Waals surface area (Å²) in [5.41, 5.74) is 1.32. The van der Waals surface area contributed by atoms with Crippen molar-refractivity contribution in [2.24, 2.45) is 4.99 Å². The SMILES string of the molecule is CC(C)(C)c1ncccc1N=C=O. The Hall–Kier alpha value is -1.47. The molecule has 68 valence electrons. The maximum Gasteiger partial charge on any atom is 0.240 e. The lowest BCUT2D eigenvalue weighted by atomic mass is 9.90. The molecule has 0 amide bonds. The van der Waals surface area contributed by atoms with E-state index in [0.717, 1.165) is 5.69 Å². The van der Waals surface area contributed by atoms with E-state index < -0.39 is 0 Å². The number of hydrogen-bond acceptors (Lipinski definition) is 3. The summed E-state index contributed by atoms with van der Waals surface area (Å²) in [6.45, 7) is 6.08. The third-order valence-electron chi connectivity index (χ3n) is 1.66. The Morgan fingerprint density at radius 2 is 2.15 bits per heavy atom. The number of nitrogens with zero attached hydrogens (tertiary/aromatic N) is 2. The number of isocyanates is 1. The molecule has 0 fully saturated rings. The van der Waals surface area contributed by atoms with Crippen molar-refractivity contribution in [1.82, 2.24) is 4.98 Å². The average Bonchev–Trinajstić information content (AvgIpc) is 2.04. The van der Waals surface area contributed by atoms with E-state index in [2.05, 4.69) is 9.98 Å². The van der Waals surface area contributed by atoms with Crippen LogP contribution in [0.2, 0.25) is 0 Å². The first-order valence-electron chi connectivity index (χ1n) is 4.09. The molecular weight excluding hydrogens is 164 g/mol. The molecule has 1 heterocycles. The molecule has 3 nitrogen and oxygen atoms in total. The minimum absolute atomic E-state index is 0.100. The lowest BCUT2D eigenvalue weighted by Crippen LogP contribution is -2.13. The standard InChI is InChI=1S/C10H12N2O/c1-10(2,3)9-8(12-7-13)5-4-6-11-9/h4-6H,1-3H3. The van der Waals surface area contributed by atoms with Crippen LogP contribution in [0.3, 0.4) is 0 Å². The van der Waals surface area contributed by atoms with Crippen LogP contribution in [0.25, 0.3) is 0 Å². The number of hydrogen-bond donors (Lipinski definition) is 0. The Kier molecular flexibility index (Phi) is 2.59. The second kappa shape index (κ2) is 3.50. The van der Waals surface area contributed by atoms with Crippen LogP contribution >= 0.6 is 0 Å². The van der Waals surface area contributed by atoms with Gasteiger partial charge >= 0.3 is 0 Å². The molecule has 0 bridgehead atoms. The highest BCUT2D eigenvalue weighted by Gasteiger charge is 2.18. The van der Waals surface area contributed by atoms with E-state index in [9.17, 15) is 4.79 Å².